The van der Waals surface area contributed by atoms with E-state index in [0.717, 1.165) is 41.1 Å². The van der Waals surface area contributed by atoms with E-state index in [-0.39, 0.29) is 11.6 Å². The molecule has 0 aliphatic heterocycles. The normalized spacial score (nSPS) is 18.9. The Labute approximate surface area is 124 Å². The number of furan rings is 1. The molecule has 1 aromatic heterocycles. The van der Waals surface area contributed by atoms with Crippen LogP contribution in [-0.4, -0.2) is 19.3 Å². The molecule has 0 radical (unpaired) electrons. The molecule has 4 heteroatoms. The van der Waals surface area contributed by atoms with E-state index in [9.17, 15) is 0 Å². The van der Waals surface area contributed by atoms with Crippen LogP contribution in [0.4, 0.5) is 0 Å². The molecular formula is C16H20ClNO2. The maximum Gasteiger partial charge on any atom is 0.134 e. The Morgan fingerprint density at radius 1 is 1.40 bits per heavy atom. The Kier molecular flexibility index (Phi) is 3.76. The SMILES string of the molecule is CCNC(c1cc2cc(Cl)ccc2o1)C1(OC)CCC1. The number of rotatable bonds is 5. The van der Waals surface area contributed by atoms with Crippen LogP contribution in [0.1, 0.15) is 38.0 Å². The molecule has 0 amide bonds. The fourth-order valence-electron chi connectivity index (χ4n) is 3.06. The maximum atomic E-state index is 6.04. The Balaban J connectivity index is 2.00. The average Bonchev–Trinajstić information content (AvgIpc) is 2.79. The molecular weight excluding hydrogens is 274 g/mol. The summed E-state index contributed by atoms with van der Waals surface area (Å²) >= 11 is 6.04. The highest BCUT2D eigenvalue weighted by molar-refractivity contribution is 6.31. The van der Waals surface area contributed by atoms with Crippen LogP contribution in [0.3, 0.4) is 0 Å². The summed E-state index contributed by atoms with van der Waals surface area (Å²) in [6.45, 7) is 2.99. The van der Waals surface area contributed by atoms with Gasteiger partial charge in [0.15, 0.2) is 0 Å². The first kappa shape index (κ1) is 13.9. The molecule has 3 rings (SSSR count). The van der Waals surface area contributed by atoms with E-state index >= 15 is 0 Å². The summed E-state index contributed by atoms with van der Waals surface area (Å²) in [6.07, 6.45) is 3.35. The molecule has 1 aromatic carbocycles. The maximum absolute atomic E-state index is 6.04. The smallest absolute Gasteiger partial charge is 0.134 e. The van der Waals surface area contributed by atoms with Crippen molar-refractivity contribution in [2.24, 2.45) is 0 Å². The molecule has 0 spiro atoms. The summed E-state index contributed by atoms with van der Waals surface area (Å²) in [5.74, 6) is 0.936. The Morgan fingerprint density at radius 2 is 2.20 bits per heavy atom. The molecule has 20 heavy (non-hydrogen) atoms. The van der Waals surface area contributed by atoms with Crippen LogP contribution in [-0.2, 0) is 4.74 Å². The summed E-state index contributed by atoms with van der Waals surface area (Å²) in [6, 6.07) is 7.89. The lowest BCUT2D eigenvalue weighted by atomic mass is 9.73. The van der Waals surface area contributed by atoms with Crippen molar-refractivity contribution in [2.75, 3.05) is 13.7 Å². The van der Waals surface area contributed by atoms with Crippen molar-refractivity contribution < 1.29 is 9.15 Å². The zero-order valence-corrected chi connectivity index (χ0v) is 12.7. The standard InChI is InChI=1S/C16H20ClNO2/c1-3-18-15(16(19-2)7-4-8-16)14-10-11-9-12(17)5-6-13(11)20-14/h5-6,9-10,15,18H,3-4,7-8H2,1-2H3. The van der Waals surface area contributed by atoms with Gasteiger partial charge in [-0.3, -0.25) is 0 Å². The highest BCUT2D eigenvalue weighted by atomic mass is 35.5. The highest BCUT2D eigenvalue weighted by Crippen LogP contribution is 2.45. The minimum absolute atomic E-state index is 0.0948. The van der Waals surface area contributed by atoms with Gasteiger partial charge in [-0.15, -0.1) is 0 Å². The molecule has 1 unspecified atom stereocenters. The van der Waals surface area contributed by atoms with E-state index in [1.54, 1.807) is 7.11 Å². The number of methoxy groups -OCH3 is 1. The number of fused-ring (bicyclic) bond motifs is 1. The predicted molar refractivity (Wildman–Crippen MR) is 81.2 cm³/mol. The van der Waals surface area contributed by atoms with Gasteiger partial charge in [-0.1, -0.05) is 18.5 Å². The van der Waals surface area contributed by atoms with Gasteiger partial charge in [0.1, 0.15) is 11.3 Å². The van der Waals surface area contributed by atoms with Crippen LogP contribution in [0.15, 0.2) is 28.7 Å². The van der Waals surface area contributed by atoms with E-state index in [4.69, 9.17) is 20.8 Å². The van der Waals surface area contributed by atoms with Crippen molar-refractivity contribution in [3.8, 4) is 0 Å². The fourth-order valence-corrected chi connectivity index (χ4v) is 3.24. The minimum atomic E-state index is -0.131. The number of benzene rings is 1. The topological polar surface area (TPSA) is 34.4 Å². The van der Waals surface area contributed by atoms with Crippen LogP contribution >= 0.6 is 11.6 Å². The van der Waals surface area contributed by atoms with E-state index < -0.39 is 0 Å². The van der Waals surface area contributed by atoms with Gasteiger partial charge in [-0.2, -0.15) is 0 Å². The number of likely N-dealkylation sites (N-methyl/N-ethyl adjacent to an activating group) is 1. The molecule has 3 nitrogen and oxygen atoms in total. The fraction of sp³-hybridized carbons (Fsp3) is 0.500. The van der Waals surface area contributed by atoms with Crippen molar-refractivity contribution in [2.45, 2.75) is 37.8 Å². The van der Waals surface area contributed by atoms with Crippen LogP contribution in [0.5, 0.6) is 0 Å². The molecule has 1 aliphatic rings. The van der Waals surface area contributed by atoms with E-state index in [2.05, 4.69) is 18.3 Å². The molecule has 1 N–H and O–H groups in total. The number of nitrogens with one attached hydrogen (secondary N) is 1. The number of hydrogen-bond acceptors (Lipinski definition) is 3. The van der Waals surface area contributed by atoms with Gasteiger partial charge < -0.3 is 14.5 Å². The van der Waals surface area contributed by atoms with Crippen molar-refractivity contribution in [1.82, 2.24) is 5.32 Å². The predicted octanol–water partition coefficient (Wildman–Crippen LogP) is 4.31. The second-order valence-electron chi connectivity index (χ2n) is 5.44. The third kappa shape index (κ3) is 2.24. The van der Waals surface area contributed by atoms with Crippen LogP contribution < -0.4 is 5.32 Å². The van der Waals surface area contributed by atoms with E-state index in [1.807, 2.05) is 18.2 Å². The molecule has 1 atom stereocenters. The van der Waals surface area contributed by atoms with Gasteiger partial charge in [-0.05, 0) is 50.1 Å². The summed E-state index contributed by atoms with van der Waals surface area (Å²) in [5, 5.41) is 5.29. The lowest BCUT2D eigenvalue weighted by Gasteiger charge is -2.45. The molecule has 2 aromatic rings. The van der Waals surface area contributed by atoms with Gasteiger partial charge in [0.25, 0.3) is 0 Å². The Hall–Kier alpha value is -1.03. The molecule has 0 saturated heterocycles. The molecule has 1 heterocycles. The Bertz CT molecular complexity index is 598. The lowest BCUT2D eigenvalue weighted by Crippen LogP contribution is -2.50. The van der Waals surface area contributed by atoms with Crippen molar-refractivity contribution in [1.29, 1.82) is 0 Å². The first-order valence-electron chi connectivity index (χ1n) is 7.16. The first-order valence-corrected chi connectivity index (χ1v) is 7.54. The van der Waals surface area contributed by atoms with Crippen LogP contribution in [0.2, 0.25) is 5.02 Å². The van der Waals surface area contributed by atoms with Crippen molar-refractivity contribution in [3.63, 3.8) is 0 Å². The average molecular weight is 294 g/mol. The quantitative estimate of drug-likeness (QED) is 0.892. The molecule has 1 fully saturated rings. The first-order chi connectivity index (χ1) is 9.68. The lowest BCUT2D eigenvalue weighted by molar-refractivity contribution is -0.103. The van der Waals surface area contributed by atoms with Gasteiger partial charge in [0, 0.05) is 17.5 Å². The van der Waals surface area contributed by atoms with Gasteiger partial charge >= 0.3 is 0 Å². The van der Waals surface area contributed by atoms with Crippen molar-refractivity contribution >= 4 is 22.6 Å². The zero-order valence-electron chi connectivity index (χ0n) is 11.9. The second-order valence-corrected chi connectivity index (χ2v) is 5.88. The van der Waals surface area contributed by atoms with E-state index in [1.165, 1.54) is 6.42 Å². The third-order valence-corrected chi connectivity index (χ3v) is 4.56. The highest BCUT2D eigenvalue weighted by Gasteiger charge is 2.46. The second kappa shape index (κ2) is 5.40. The molecule has 1 aliphatic carbocycles. The van der Waals surface area contributed by atoms with Crippen LogP contribution in [0.25, 0.3) is 11.0 Å². The zero-order chi connectivity index (χ0) is 14.2. The Morgan fingerprint density at radius 3 is 2.80 bits per heavy atom. The van der Waals surface area contributed by atoms with Gasteiger partial charge in [-0.25, -0.2) is 0 Å². The summed E-state index contributed by atoms with van der Waals surface area (Å²) in [5.41, 5.74) is 0.742. The van der Waals surface area contributed by atoms with Gasteiger partial charge in [0.2, 0.25) is 0 Å². The van der Waals surface area contributed by atoms with Crippen molar-refractivity contribution in [3.05, 3.63) is 35.0 Å². The number of hydrogen-bond donors (Lipinski definition) is 1. The molecule has 0 bridgehead atoms. The van der Waals surface area contributed by atoms with E-state index in [0.29, 0.717) is 0 Å². The summed E-state index contributed by atoms with van der Waals surface area (Å²) < 4.78 is 11.8. The third-order valence-electron chi connectivity index (χ3n) is 4.32. The monoisotopic (exact) mass is 293 g/mol. The van der Waals surface area contributed by atoms with Gasteiger partial charge in [0.05, 0.1) is 11.6 Å². The number of ether oxygens (including phenoxy) is 1. The molecule has 108 valence electrons. The largest absolute Gasteiger partial charge is 0.459 e. The minimum Gasteiger partial charge on any atom is -0.459 e. The summed E-state index contributed by atoms with van der Waals surface area (Å²) in [4.78, 5) is 0. The summed E-state index contributed by atoms with van der Waals surface area (Å²) in [7, 11) is 1.79. The number of halogens is 1. The molecule has 1 saturated carbocycles. The van der Waals surface area contributed by atoms with Crippen LogP contribution in [0, 0.1) is 0 Å².